The summed E-state index contributed by atoms with van der Waals surface area (Å²) in [6, 6.07) is 8.02. The molecule has 0 unspecified atom stereocenters. The first kappa shape index (κ1) is 15.7. The summed E-state index contributed by atoms with van der Waals surface area (Å²) < 4.78 is 0. The lowest BCUT2D eigenvalue weighted by Crippen LogP contribution is -2.17. The van der Waals surface area contributed by atoms with Crippen molar-refractivity contribution in [2.45, 2.75) is 47.5 Å². The highest BCUT2D eigenvalue weighted by molar-refractivity contribution is 5.92. The van der Waals surface area contributed by atoms with Gasteiger partial charge in [0.15, 0.2) is 0 Å². The molecule has 0 fully saturated rings. The van der Waals surface area contributed by atoms with Gasteiger partial charge >= 0.3 is 0 Å². The zero-order chi connectivity index (χ0) is 13.4. The number of rotatable bonds is 3. The molecule has 0 aliphatic rings. The van der Waals surface area contributed by atoms with Crippen LogP contribution in [0, 0.1) is 5.92 Å². The summed E-state index contributed by atoms with van der Waals surface area (Å²) in [5, 5.41) is 2.87. The lowest BCUT2D eigenvalue weighted by Gasteiger charge is -2.09. The third kappa shape index (κ3) is 5.53. The lowest BCUT2D eigenvalue weighted by molar-refractivity contribution is -0.118. The van der Waals surface area contributed by atoms with Crippen LogP contribution in [0.4, 0.5) is 5.69 Å². The average Bonchev–Trinajstić information content (AvgIpc) is 2.32. The normalized spacial score (nSPS) is 9.88. The van der Waals surface area contributed by atoms with Crippen molar-refractivity contribution in [3.63, 3.8) is 0 Å². The van der Waals surface area contributed by atoms with Gasteiger partial charge in [0.2, 0.25) is 5.91 Å². The molecule has 0 spiro atoms. The van der Waals surface area contributed by atoms with Crippen molar-refractivity contribution >= 4 is 11.6 Å². The maximum atomic E-state index is 11.4. The SMILES string of the molecule is CC.CC(C)C(=O)Nc1ccc(C(C)C)cc1. The number of anilines is 1. The highest BCUT2D eigenvalue weighted by Gasteiger charge is 2.06. The van der Waals surface area contributed by atoms with E-state index in [1.54, 1.807) is 0 Å². The third-order valence-corrected chi connectivity index (χ3v) is 2.37. The zero-order valence-electron chi connectivity index (χ0n) is 11.9. The van der Waals surface area contributed by atoms with Crippen molar-refractivity contribution in [3.8, 4) is 0 Å². The van der Waals surface area contributed by atoms with Gasteiger partial charge in [-0.25, -0.2) is 0 Å². The van der Waals surface area contributed by atoms with Gasteiger partial charge in [-0.15, -0.1) is 0 Å². The quantitative estimate of drug-likeness (QED) is 0.825. The number of hydrogen-bond acceptors (Lipinski definition) is 1. The van der Waals surface area contributed by atoms with Crippen LogP contribution < -0.4 is 5.32 Å². The summed E-state index contributed by atoms with van der Waals surface area (Å²) in [5.74, 6) is 0.613. The molecule has 0 radical (unpaired) electrons. The largest absolute Gasteiger partial charge is 0.326 e. The van der Waals surface area contributed by atoms with Crippen molar-refractivity contribution in [2.75, 3.05) is 5.32 Å². The van der Waals surface area contributed by atoms with Crippen molar-refractivity contribution < 1.29 is 4.79 Å². The number of carbonyl (C=O) groups excluding carboxylic acids is 1. The molecule has 1 rings (SSSR count). The molecule has 1 aromatic rings. The molecule has 0 atom stereocenters. The van der Waals surface area contributed by atoms with E-state index in [4.69, 9.17) is 0 Å². The molecule has 2 heteroatoms. The number of benzene rings is 1. The smallest absolute Gasteiger partial charge is 0.226 e. The van der Waals surface area contributed by atoms with E-state index in [0.29, 0.717) is 5.92 Å². The standard InChI is InChI=1S/C13H19NO.C2H6/c1-9(2)11-5-7-12(8-6-11)14-13(15)10(3)4;1-2/h5-10H,1-4H3,(H,14,15);1-2H3. The van der Waals surface area contributed by atoms with Gasteiger partial charge in [0.25, 0.3) is 0 Å². The molecule has 1 N–H and O–H groups in total. The fraction of sp³-hybridized carbons (Fsp3) is 0.533. The first-order valence-corrected chi connectivity index (χ1v) is 6.41. The molecule has 1 aromatic carbocycles. The number of nitrogens with one attached hydrogen (secondary N) is 1. The molecular weight excluding hydrogens is 210 g/mol. The monoisotopic (exact) mass is 235 g/mol. The molecule has 0 heterocycles. The predicted molar refractivity (Wildman–Crippen MR) is 75.3 cm³/mol. The fourth-order valence-electron chi connectivity index (χ4n) is 1.24. The molecule has 0 aliphatic carbocycles. The van der Waals surface area contributed by atoms with E-state index in [2.05, 4.69) is 31.3 Å². The number of amides is 1. The summed E-state index contributed by atoms with van der Waals surface area (Å²) in [4.78, 5) is 11.4. The van der Waals surface area contributed by atoms with Gasteiger partial charge < -0.3 is 5.32 Å². The zero-order valence-corrected chi connectivity index (χ0v) is 11.9. The average molecular weight is 235 g/mol. The molecule has 0 saturated heterocycles. The van der Waals surface area contributed by atoms with Gasteiger partial charge in [-0.3, -0.25) is 4.79 Å². The van der Waals surface area contributed by atoms with Gasteiger partial charge in [0.05, 0.1) is 0 Å². The number of hydrogen-bond donors (Lipinski definition) is 1. The van der Waals surface area contributed by atoms with Gasteiger partial charge in [0.1, 0.15) is 0 Å². The van der Waals surface area contributed by atoms with Crippen LogP contribution in [0.5, 0.6) is 0 Å². The van der Waals surface area contributed by atoms with E-state index >= 15 is 0 Å². The third-order valence-electron chi connectivity index (χ3n) is 2.37. The molecule has 2 nitrogen and oxygen atoms in total. The summed E-state index contributed by atoms with van der Waals surface area (Å²) in [5.41, 5.74) is 2.16. The van der Waals surface area contributed by atoms with Gasteiger partial charge in [-0.2, -0.15) is 0 Å². The van der Waals surface area contributed by atoms with Crippen LogP contribution in [0.3, 0.4) is 0 Å². The van der Waals surface area contributed by atoms with Crippen molar-refractivity contribution in [3.05, 3.63) is 29.8 Å². The molecule has 1 amide bonds. The van der Waals surface area contributed by atoms with Crippen LogP contribution in [0.2, 0.25) is 0 Å². The van der Waals surface area contributed by atoms with E-state index < -0.39 is 0 Å². The number of carbonyl (C=O) groups is 1. The second-order valence-corrected chi connectivity index (χ2v) is 4.42. The second-order valence-electron chi connectivity index (χ2n) is 4.42. The predicted octanol–water partition coefficient (Wildman–Crippen LogP) is 4.43. The van der Waals surface area contributed by atoms with E-state index in [-0.39, 0.29) is 11.8 Å². The Labute approximate surface area is 105 Å². The van der Waals surface area contributed by atoms with Gasteiger partial charge in [-0.05, 0) is 23.6 Å². The van der Waals surface area contributed by atoms with E-state index in [9.17, 15) is 4.79 Å². The topological polar surface area (TPSA) is 29.1 Å². The Balaban J connectivity index is 0.00000121. The summed E-state index contributed by atoms with van der Waals surface area (Å²) in [7, 11) is 0. The highest BCUT2D eigenvalue weighted by atomic mass is 16.1. The molecule has 0 saturated carbocycles. The Kier molecular flexibility index (Phi) is 7.27. The van der Waals surface area contributed by atoms with Gasteiger partial charge in [-0.1, -0.05) is 53.7 Å². The minimum Gasteiger partial charge on any atom is -0.326 e. The molecular formula is C15H25NO. The van der Waals surface area contributed by atoms with Crippen LogP contribution in [0.1, 0.15) is 53.0 Å². The van der Waals surface area contributed by atoms with Crippen molar-refractivity contribution in [1.29, 1.82) is 0 Å². The highest BCUT2D eigenvalue weighted by Crippen LogP contribution is 2.17. The Morgan fingerprint density at radius 1 is 1.00 bits per heavy atom. The maximum Gasteiger partial charge on any atom is 0.226 e. The Morgan fingerprint density at radius 3 is 1.82 bits per heavy atom. The van der Waals surface area contributed by atoms with Crippen LogP contribution in [0.15, 0.2) is 24.3 Å². The van der Waals surface area contributed by atoms with Gasteiger partial charge in [0, 0.05) is 11.6 Å². The lowest BCUT2D eigenvalue weighted by atomic mass is 10.0. The van der Waals surface area contributed by atoms with Crippen LogP contribution >= 0.6 is 0 Å². The summed E-state index contributed by atoms with van der Waals surface area (Å²) in [6.45, 7) is 12.1. The summed E-state index contributed by atoms with van der Waals surface area (Å²) in [6.07, 6.45) is 0. The molecule has 96 valence electrons. The molecule has 17 heavy (non-hydrogen) atoms. The van der Waals surface area contributed by atoms with E-state index in [1.807, 2.05) is 39.8 Å². The summed E-state index contributed by atoms with van der Waals surface area (Å²) >= 11 is 0. The first-order valence-electron chi connectivity index (χ1n) is 6.41. The van der Waals surface area contributed by atoms with E-state index in [0.717, 1.165) is 5.69 Å². The van der Waals surface area contributed by atoms with Crippen molar-refractivity contribution in [1.82, 2.24) is 0 Å². The van der Waals surface area contributed by atoms with Crippen LogP contribution in [0.25, 0.3) is 0 Å². The second kappa shape index (κ2) is 7.88. The van der Waals surface area contributed by atoms with E-state index in [1.165, 1.54) is 5.56 Å². The van der Waals surface area contributed by atoms with Crippen molar-refractivity contribution in [2.24, 2.45) is 5.92 Å². The first-order chi connectivity index (χ1) is 8.00. The minimum atomic E-state index is 0.0229. The maximum absolute atomic E-state index is 11.4. The Hall–Kier alpha value is -1.31. The van der Waals surface area contributed by atoms with Crippen LogP contribution in [-0.4, -0.2) is 5.91 Å². The fourth-order valence-corrected chi connectivity index (χ4v) is 1.24. The Bertz CT molecular complexity index is 325. The van der Waals surface area contributed by atoms with Crippen LogP contribution in [-0.2, 0) is 4.79 Å². The molecule has 0 aliphatic heterocycles. The molecule has 0 bridgehead atoms. The minimum absolute atomic E-state index is 0.0229. The Morgan fingerprint density at radius 2 is 1.47 bits per heavy atom. The molecule has 0 aromatic heterocycles.